The molecule has 0 bridgehead atoms. The summed E-state index contributed by atoms with van der Waals surface area (Å²) in [5, 5.41) is 4.26. The van der Waals surface area contributed by atoms with Crippen LogP contribution in [0.2, 0.25) is 0 Å². The molecule has 0 unspecified atom stereocenters. The Kier molecular flexibility index (Phi) is 6.39. The van der Waals surface area contributed by atoms with Crippen molar-refractivity contribution in [2.24, 2.45) is 0 Å². The van der Waals surface area contributed by atoms with Crippen LogP contribution in [0.25, 0.3) is 95.0 Å². The molecule has 50 heavy (non-hydrogen) atoms. The van der Waals surface area contributed by atoms with E-state index in [2.05, 4.69) is 65.2 Å². The molecule has 0 aliphatic rings. The third-order valence-corrected chi connectivity index (χ3v) is 9.26. The van der Waals surface area contributed by atoms with E-state index in [1.807, 2.05) is 103 Å². The van der Waals surface area contributed by atoms with Gasteiger partial charge in [-0.3, -0.25) is 0 Å². The molecular formula is C44H27N5O. The Morgan fingerprint density at radius 3 is 1.68 bits per heavy atom. The predicted octanol–water partition coefficient (Wildman–Crippen LogP) is 10.9. The zero-order chi connectivity index (χ0) is 33.0. The van der Waals surface area contributed by atoms with Crippen molar-refractivity contribution in [3.8, 4) is 51.3 Å². The first-order chi connectivity index (χ1) is 24.8. The monoisotopic (exact) mass is 641 g/mol. The summed E-state index contributed by atoms with van der Waals surface area (Å²) in [5.74, 6) is 2.45. The number of oxazole rings is 1. The molecule has 0 amide bonds. The molecule has 10 rings (SSSR count). The molecule has 0 aliphatic heterocycles. The van der Waals surface area contributed by atoms with Crippen LogP contribution in [-0.4, -0.2) is 24.5 Å². The number of rotatable bonds is 5. The molecule has 6 heteroatoms. The minimum Gasteiger partial charge on any atom is -0.435 e. The molecule has 0 N–H and O–H groups in total. The van der Waals surface area contributed by atoms with Crippen molar-refractivity contribution < 1.29 is 4.42 Å². The van der Waals surface area contributed by atoms with E-state index in [1.54, 1.807) is 0 Å². The molecule has 10 aromatic rings. The number of fused-ring (bicyclic) bond motifs is 7. The van der Waals surface area contributed by atoms with Gasteiger partial charge in [-0.05, 0) is 47.9 Å². The summed E-state index contributed by atoms with van der Waals surface area (Å²) in [7, 11) is 0. The number of para-hydroxylation sites is 2. The van der Waals surface area contributed by atoms with E-state index in [0.29, 0.717) is 23.4 Å². The van der Waals surface area contributed by atoms with E-state index in [4.69, 9.17) is 24.4 Å². The van der Waals surface area contributed by atoms with Crippen LogP contribution in [-0.2, 0) is 0 Å². The molecule has 3 heterocycles. The van der Waals surface area contributed by atoms with Crippen LogP contribution in [0, 0.1) is 0 Å². The quantitative estimate of drug-likeness (QED) is 0.187. The summed E-state index contributed by atoms with van der Waals surface area (Å²) < 4.78 is 8.95. The van der Waals surface area contributed by atoms with Crippen LogP contribution in [0.3, 0.4) is 0 Å². The van der Waals surface area contributed by atoms with Gasteiger partial charge in [0.15, 0.2) is 23.1 Å². The Hall–Kier alpha value is -6.92. The van der Waals surface area contributed by atoms with Crippen molar-refractivity contribution in [3.05, 3.63) is 164 Å². The molecule has 0 fully saturated rings. The van der Waals surface area contributed by atoms with E-state index in [0.717, 1.165) is 71.6 Å². The topological polar surface area (TPSA) is 69.6 Å². The average Bonchev–Trinajstić information content (AvgIpc) is 3.79. The van der Waals surface area contributed by atoms with Gasteiger partial charge in [0.25, 0.3) is 0 Å². The maximum atomic E-state index is 6.63. The summed E-state index contributed by atoms with van der Waals surface area (Å²) in [5.41, 5.74) is 8.38. The van der Waals surface area contributed by atoms with Gasteiger partial charge < -0.3 is 8.98 Å². The van der Waals surface area contributed by atoms with Crippen molar-refractivity contribution in [2.45, 2.75) is 0 Å². The summed E-state index contributed by atoms with van der Waals surface area (Å²) in [6.07, 6.45) is 0. The lowest BCUT2D eigenvalue weighted by Crippen LogP contribution is -2.02. The van der Waals surface area contributed by atoms with Crippen molar-refractivity contribution in [1.82, 2.24) is 24.5 Å². The lowest BCUT2D eigenvalue weighted by atomic mass is 10.0. The highest BCUT2D eigenvalue weighted by Gasteiger charge is 2.23. The van der Waals surface area contributed by atoms with Gasteiger partial charge in [-0.15, -0.1) is 0 Å². The van der Waals surface area contributed by atoms with E-state index in [1.165, 1.54) is 0 Å². The Labute approximate surface area is 287 Å². The van der Waals surface area contributed by atoms with Crippen molar-refractivity contribution >= 4 is 43.7 Å². The summed E-state index contributed by atoms with van der Waals surface area (Å²) >= 11 is 0. The second-order valence-corrected chi connectivity index (χ2v) is 12.3. The second-order valence-electron chi connectivity index (χ2n) is 12.3. The number of nitrogens with zero attached hydrogens (tertiary/aromatic N) is 5. The molecule has 0 radical (unpaired) electrons. The van der Waals surface area contributed by atoms with Gasteiger partial charge in [0.05, 0.1) is 11.0 Å². The standard InChI is InChI=1S/C44H27N5O/c1-5-14-29(15-6-1)41-46-42(30-16-7-2-8-17-30)48-43(47-41)34-23-13-22-33-38-36(49(39(33)34)32-20-11-4-12-21-32)27-25-28-24-26-35-40(37(28)38)50-44(45-35)31-18-9-3-10-19-31/h1-27H. The predicted molar refractivity (Wildman–Crippen MR) is 201 cm³/mol. The Bertz CT molecular complexity index is 2790. The molecule has 6 nitrogen and oxygen atoms in total. The minimum absolute atomic E-state index is 0.601. The molecule has 0 saturated heterocycles. The highest BCUT2D eigenvalue weighted by molar-refractivity contribution is 6.28. The smallest absolute Gasteiger partial charge is 0.227 e. The fourth-order valence-corrected chi connectivity index (χ4v) is 7.01. The zero-order valence-corrected chi connectivity index (χ0v) is 26.7. The summed E-state index contributed by atoms with van der Waals surface area (Å²) in [6, 6.07) is 55.6. The lowest BCUT2D eigenvalue weighted by molar-refractivity contribution is 0.623. The first-order valence-corrected chi connectivity index (χ1v) is 16.6. The zero-order valence-electron chi connectivity index (χ0n) is 26.7. The third kappa shape index (κ3) is 4.50. The third-order valence-electron chi connectivity index (χ3n) is 9.26. The fraction of sp³-hybridized carbons (Fsp3) is 0. The molecule has 0 saturated carbocycles. The van der Waals surface area contributed by atoms with Crippen molar-refractivity contribution in [3.63, 3.8) is 0 Å². The Morgan fingerprint density at radius 1 is 0.440 bits per heavy atom. The highest BCUT2D eigenvalue weighted by Crippen LogP contribution is 2.43. The minimum atomic E-state index is 0.601. The largest absolute Gasteiger partial charge is 0.435 e. The number of hydrogen-bond acceptors (Lipinski definition) is 5. The average molecular weight is 642 g/mol. The molecule has 3 aromatic heterocycles. The van der Waals surface area contributed by atoms with Gasteiger partial charge in [-0.1, -0.05) is 121 Å². The van der Waals surface area contributed by atoms with Crippen molar-refractivity contribution in [1.29, 1.82) is 0 Å². The first kappa shape index (κ1) is 28.1. The van der Waals surface area contributed by atoms with Crippen molar-refractivity contribution in [2.75, 3.05) is 0 Å². The molecule has 7 aromatic carbocycles. The van der Waals surface area contributed by atoms with Gasteiger partial charge in [-0.25, -0.2) is 19.9 Å². The summed E-state index contributed by atoms with van der Waals surface area (Å²) in [4.78, 5) is 20.2. The van der Waals surface area contributed by atoms with Gasteiger partial charge >= 0.3 is 0 Å². The SMILES string of the molecule is c1ccc(-c2nc(-c3ccccc3)nc(-c3cccc4c5c6c(ccc7nc(-c8ccccc8)oc76)ccc5n(-c5ccccc5)c34)n2)cc1. The van der Waals surface area contributed by atoms with E-state index < -0.39 is 0 Å². The lowest BCUT2D eigenvalue weighted by Gasteiger charge is -2.12. The molecule has 0 atom stereocenters. The van der Waals surface area contributed by atoms with Crippen LogP contribution < -0.4 is 0 Å². The van der Waals surface area contributed by atoms with E-state index >= 15 is 0 Å². The number of aromatic nitrogens is 5. The van der Waals surface area contributed by atoms with Crippen LogP contribution in [0.1, 0.15) is 0 Å². The van der Waals surface area contributed by atoms with E-state index in [9.17, 15) is 0 Å². The fourth-order valence-electron chi connectivity index (χ4n) is 7.01. The first-order valence-electron chi connectivity index (χ1n) is 16.6. The highest BCUT2D eigenvalue weighted by atomic mass is 16.3. The van der Waals surface area contributed by atoms with E-state index in [-0.39, 0.29) is 0 Å². The maximum absolute atomic E-state index is 6.63. The van der Waals surface area contributed by atoms with Gasteiger partial charge in [-0.2, -0.15) is 0 Å². The van der Waals surface area contributed by atoms with Gasteiger partial charge in [0.1, 0.15) is 5.52 Å². The maximum Gasteiger partial charge on any atom is 0.227 e. The van der Waals surface area contributed by atoms with Crippen LogP contribution >= 0.6 is 0 Å². The molecule has 0 spiro atoms. The van der Waals surface area contributed by atoms with Gasteiger partial charge in [0, 0.05) is 44.1 Å². The number of benzene rings is 7. The Morgan fingerprint density at radius 2 is 1.02 bits per heavy atom. The van der Waals surface area contributed by atoms with Crippen LogP contribution in [0.15, 0.2) is 168 Å². The second kappa shape index (κ2) is 11.4. The van der Waals surface area contributed by atoms with Crippen LogP contribution in [0.5, 0.6) is 0 Å². The normalized spacial score (nSPS) is 11.6. The van der Waals surface area contributed by atoms with Crippen LogP contribution in [0.4, 0.5) is 0 Å². The Balaban J connectivity index is 1.32. The molecular weight excluding hydrogens is 615 g/mol. The molecule has 0 aliphatic carbocycles. The molecule has 234 valence electrons. The summed E-state index contributed by atoms with van der Waals surface area (Å²) in [6.45, 7) is 0. The number of hydrogen-bond donors (Lipinski definition) is 0. The van der Waals surface area contributed by atoms with Gasteiger partial charge in [0.2, 0.25) is 5.89 Å².